The first-order valence-corrected chi connectivity index (χ1v) is 8.87. The minimum Gasteiger partial charge on any atom is -0.484 e. The first kappa shape index (κ1) is 16.8. The molecule has 1 fully saturated rings. The highest BCUT2D eigenvalue weighted by Gasteiger charge is 2.54. The van der Waals surface area contributed by atoms with Gasteiger partial charge in [0, 0.05) is 10.2 Å². The first-order valence-electron chi connectivity index (χ1n) is 7.03. The number of carboxylic acid groups (broad SMARTS) is 1. The zero-order valence-corrected chi connectivity index (χ0v) is 14.7. The predicted molar refractivity (Wildman–Crippen MR) is 90.5 cm³/mol. The number of benzene rings is 1. The number of carbonyl (C=O) groups excluding carboxylic acids is 2. The van der Waals surface area contributed by atoms with Crippen molar-refractivity contribution >= 4 is 45.5 Å². The van der Waals surface area contributed by atoms with Crippen LogP contribution in [0.15, 0.2) is 40.5 Å². The maximum absolute atomic E-state index is 12.2. The molecule has 0 radical (unpaired) electrons. The molecule has 2 amide bonds. The highest BCUT2D eigenvalue weighted by Crippen LogP contribution is 2.41. The Hall–Kier alpha value is -2.00. The fourth-order valence-corrected chi connectivity index (χ4v) is 4.41. The van der Waals surface area contributed by atoms with Gasteiger partial charge in [0.1, 0.15) is 22.9 Å². The number of carbonyl (C=O) groups is 3. The number of hydrogen-bond donors (Lipinski definition) is 2. The van der Waals surface area contributed by atoms with E-state index < -0.39 is 29.2 Å². The SMILES string of the molecule is O=C(COc1ccccc1)NC1C(=O)N2C(C(=O)O)=C(Br)CS[C@@H]12. The number of fused-ring (bicyclic) bond motifs is 1. The summed E-state index contributed by atoms with van der Waals surface area (Å²) in [4.78, 5) is 36.7. The second-order valence-corrected chi connectivity index (χ2v) is 7.18. The van der Waals surface area contributed by atoms with Crippen molar-refractivity contribution in [3.63, 3.8) is 0 Å². The number of thioether (sulfide) groups is 1. The number of para-hydroxylation sites is 1. The molecule has 2 aliphatic heterocycles. The molecule has 0 bridgehead atoms. The average Bonchev–Trinajstić information content (AvgIpc) is 2.58. The molecule has 1 aromatic carbocycles. The smallest absolute Gasteiger partial charge is 0.353 e. The second-order valence-electron chi connectivity index (χ2n) is 5.12. The minimum absolute atomic E-state index is 0.0604. The molecule has 1 saturated heterocycles. The van der Waals surface area contributed by atoms with Crippen molar-refractivity contribution in [1.82, 2.24) is 10.2 Å². The minimum atomic E-state index is -1.17. The van der Waals surface area contributed by atoms with Crippen LogP contribution in [0.3, 0.4) is 0 Å². The van der Waals surface area contributed by atoms with Crippen molar-refractivity contribution in [3.05, 3.63) is 40.5 Å². The summed E-state index contributed by atoms with van der Waals surface area (Å²) in [5, 5.41) is 11.4. The van der Waals surface area contributed by atoms with E-state index >= 15 is 0 Å². The lowest BCUT2D eigenvalue weighted by Crippen LogP contribution is -2.70. The first-order chi connectivity index (χ1) is 11.5. The molecule has 24 heavy (non-hydrogen) atoms. The average molecular weight is 413 g/mol. The number of carboxylic acids is 1. The van der Waals surface area contributed by atoms with Gasteiger partial charge >= 0.3 is 5.97 Å². The van der Waals surface area contributed by atoms with E-state index in [0.29, 0.717) is 16.0 Å². The van der Waals surface area contributed by atoms with Gasteiger partial charge in [0.25, 0.3) is 11.8 Å². The Morgan fingerprint density at radius 1 is 1.38 bits per heavy atom. The molecule has 1 unspecified atom stereocenters. The van der Waals surface area contributed by atoms with Crippen LogP contribution in [-0.4, -0.2) is 51.6 Å². The summed E-state index contributed by atoms with van der Waals surface area (Å²) in [7, 11) is 0. The standard InChI is InChI=1S/C15H13BrN2O5S/c16-9-7-24-14-11(13(20)18(14)12(9)15(21)22)17-10(19)6-23-8-4-2-1-3-5-8/h1-5,11,14H,6-7H2,(H,17,19)(H,21,22)/t11?,14-/m0/s1. The molecular formula is C15H13BrN2O5S. The van der Waals surface area contributed by atoms with Crippen LogP contribution >= 0.6 is 27.7 Å². The molecule has 0 aliphatic carbocycles. The number of ether oxygens (including phenoxy) is 1. The van der Waals surface area contributed by atoms with Crippen molar-refractivity contribution in [1.29, 1.82) is 0 Å². The van der Waals surface area contributed by atoms with E-state index in [0.717, 1.165) is 0 Å². The van der Waals surface area contributed by atoms with Gasteiger partial charge in [-0.3, -0.25) is 14.5 Å². The third-order valence-corrected chi connectivity index (χ3v) is 5.86. The lowest BCUT2D eigenvalue weighted by molar-refractivity contribution is -0.150. The van der Waals surface area contributed by atoms with Crippen molar-refractivity contribution in [2.45, 2.75) is 11.4 Å². The predicted octanol–water partition coefficient (Wildman–Crippen LogP) is 1.16. The van der Waals surface area contributed by atoms with E-state index in [1.165, 1.54) is 16.7 Å². The molecule has 9 heteroatoms. The molecule has 0 aromatic heterocycles. The van der Waals surface area contributed by atoms with Crippen LogP contribution in [0.5, 0.6) is 5.75 Å². The number of halogens is 1. The summed E-state index contributed by atoms with van der Waals surface area (Å²) in [5.41, 5.74) is -0.0604. The molecule has 2 heterocycles. The van der Waals surface area contributed by atoms with Gasteiger partial charge in [0.2, 0.25) is 0 Å². The van der Waals surface area contributed by atoms with Crippen LogP contribution in [0, 0.1) is 0 Å². The molecule has 2 atom stereocenters. The summed E-state index contributed by atoms with van der Waals surface area (Å²) >= 11 is 4.57. The number of amides is 2. The van der Waals surface area contributed by atoms with E-state index in [9.17, 15) is 19.5 Å². The lowest BCUT2D eigenvalue weighted by atomic mass is 10.1. The monoisotopic (exact) mass is 412 g/mol. The largest absolute Gasteiger partial charge is 0.484 e. The molecule has 0 saturated carbocycles. The van der Waals surface area contributed by atoms with Gasteiger partial charge in [-0.1, -0.05) is 34.1 Å². The molecule has 126 valence electrons. The molecule has 0 spiro atoms. The van der Waals surface area contributed by atoms with E-state index in [4.69, 9.17) is 4.74 Å². The van der Waals surface area contributed by atoms with Gasteiger partial charge in [-0.25, -0.2) is 4.79 Å². The fourth-order valence-electron chi connectivity index (χ4n) is 2.46. The van der Waals surface area contributed by atoms with Crippen LogP contribution < -0.4 is 10.1 Å². The number of nitrogens with one attached hydrogen (secondary N) is 1. The third kappa shape index (κ3) is 3.13. The van der Waals surface area contributed by atoms with Crippen molar-refractivity contribution in [3.8, 4) is 5.75 Å². The zero-order chi connectivity index (χ0) is 17.3. The number of nitrogens with zero attached hydrogens (tertiary/aromatic N) is 1. The molecule has 7 nitrogen and oxygen atoms in total. The topological polar surface area (TPSA) is 95.9 Å². The van der Waals surface area contributed by atoms with Crippen LogP contribution in [0.4, 0.5) is 0 Å². The van der Waals surface area contributed by atoms with Crippen LogP contribution in [-0.2, 0) is 14.4 Å². The van der Waals surface area contributed by atoms with E-state index in [1.807, 2.05) is 6.07 Å². The fraction of sp³-hybridized carbons (Fsp3) is 0.267. The van der Waals surface area contributed by atoms with Crippen molar-refractivity contribution < 1.29 is 24.2 Å². The van der Waals surface area contributed by atoms with Gasteiger partial charge in [-0.15, -0.1) is 11.8 Å². The normalized spacial score (nSPS) is 22.5. The van der Waals surface area contributed by atoms with Crippen LogP contribution in [0.25, 0.3) is 0 Å². The number of hydrogen-bond acceptors (Lipinski definition) is 5. The number of rotatable bonds is 5. The van der Waals surface area contributed by atoms with E-state index in [2.05, 4.69) is 21.2 Å². The Balaban J connectivity index is 1.59. The van der Waals surface area contributed by atoms with Gasteiger partial charge in [0.15, 0.2) is 6.61 Å². The van der Waals surface area contributed by atoms with Crippen LogP contribution in [0.2, 0.25) is 0 Å². The third-order valence-electron chi connectivity index (χ3n) is 3.55. The van der Waals surface area contributed by atoms with Crippen molar-refractivity contribution in [2.24, 2.45) is 0 Å². The Labute approximate surface area is 150 Å². The summed E-state index contributed by atoms with van der Waals surface area (Å²) in [5.74, 6) is -1.04. The van der Waals surface area contributed by atoms with Crippen LogP contribution in [0.1, 0.15) is 0 Å². The maximum atomic E-state index is 12.2. The maximum Gasteiger partial charge on any atom is 0.353 e. The summed E-state index contributed by atoms with van der Waals surface area (Å²) in [6.45, 7) is -0.212. The lowest BCUT2D eigenvalue weighted by Gasteiger charge is -2.48. The molecular weight excluding hydrogens is 400 g/mol. The Morgan fingerprint density at radius 3 is 2.75 bits per heavy atom. The van der Waals surface area contributed by atoms with Gasteiger partial charge < -0.3 is 15.2 Å². The highest BCUT2D eigenvalue weighted by atomic mass is 79.9. The van der Waals surface area contributed by atoms with E-state index in [1.54, 1.807) is 24.3 Å². The Bertz CT molecular complexity index is 724. The summed E-state index contributed by atoms with van der Waals surface area (Å²) < 4.78 is 5.79. The molecule has 2 aliphatic rings. The summed E-state index contributed by atoms with van der Waals surface area (Å²) in [6.07, 6.45) is 0. The number of aliphatic carboxylic acids is 1. The Kier molecular flexibility index (Phi) is 4.81. The van der Waals surface area contributed by atoms with Gasteiger partial charge in [0.05, 0.1) is 0 Å². The van der Waals surface area contributed by atoms with Crippen molar-refractivity contribution in [2.75, 3.05) is 12.4 Å². The van der Waals surface area contributed by atoms with Gasteiger partial charge in [-0.2, -0.15) is 0 Å². The highest BCUT2D eigenvalue weighted by molar-refractivity contribution is 9.11. The molecule has 2 N–H and O–H groups in total. The molecule has 3 rings (SSSR count). The summed E-state index contributed by atoms with van der Waals surface area (Å²) in [6, 6.07) is 8.12. The zero-order valence-electron chi connectivity index (χ0n) is 12.3. The van der Waals surface area contributed by atoms with Gasteiger partial charge in [-0.05, 0) is 12.1 Å². The number of β-lactam (4-membered cyclic amide) rings is 1. The molecule has 1 aromatic rings. The van der Waals surface area contributed by atoms with E-state index in [-0.39, 0.29) is 12.3 Å². The Morgan fingerprint density at radius 2 is 2.08 bits per heavy atom. The quantitative estimate of drug-likeness (QED) is 0.704. The second kappa shape index (κ2) is 6.86.